The lowest BCUT2D eigenvalue weighted by Crippen LogP contribution is -2.48. The predicted molar refractivity (Wildman–Crippen MR) is 112 cm³/mol. The largest absolute Gasteiger partial charge is 0.465 e. The fourth-order valence-corrected chi connectivity index (χ4v) is 5.33. The molecule has 154 valence electrons. The molecular weight excluding hydrogens is 428 g/mol. The minimum atomic E-state index is -3.89. The fourth-order valence-electron chi connectivity index (χ4n) is 3.68. The van der Waals surface area contributed by atoms with Gasteiger partial charge in [-0.1, -0.05) is 17.7 Å². The summed E-state index contributed by atoms with van der Waals surface area (Å²) in [7, 11) is -3.89. The third-order valence-corrected chi connectivity index (χ3v) is 7.07. The fraction of sp³-hybridized carbons (Fsp3) is 0.200. The quantitative estimate of drug-likeness (QED) is 0.664. The first kappa shape index (κ1) is 20.1. The first-order chi connectivity index (χ1) is 14.3. The van der Waals surface area contributed by atoms with Crippen molar-refractivity contribution in [3.63, 3.8) is 0 Å². The van der Waals surface area contributed by atoms with Gasteiger partial charge in [0.2, 0.25) is 0 Å². The van der Waals surface area contributed by atoms with Crippen LogP contribution in [-0.2, 0) is 10.0 Å². The van der Waals surface area contributed by atoms with E-state index in [1.54, 1.807) is 30.3 Å². The average Bonchev–Trinajstić information content (AvgIpc) is 3.18. The van der Waals surface area contributed by atoms with Gasteiger partial charge in [-0.25, -0.2) is 17.2 Å². The molecule has 30 heavy (non-hydrogen) atoms. The van der Waals surface area contributed by atoms with E-state index in [2.05, 4.69) is 6.07 Å². The Balaban J connectivity index is 1.81. The number of hydrogen-bond acceptors (Lipinski definition) is 5. The molecule has 1 aliphatic heterocycles. The molecule has 8 nitrogen and oxygen atoms in total. The maximum absolute atomic E-state index is 13.2. The van der Waals surface area contributed by atoms with E-state index >= 15 is 0 Å². The van der Waals surface area contributed by atoms with Crippen LogP contribution in [0.1, 0.15) is 5.56 Å². The molecule has 4 rings (SSSR count). The number of hydrogen-bond donors (Lipinski definition) is 1. The van der Waals surface area contributed by atoms with Crippen molar-refractivity contribution in [2.45, 2.75) is 4.90 Å². The number of carboxylic acid groups (broad SMARTS) is 1. The van der Waals surface area contributed by atoms with E-state index in [-0.39, 0.29) is 4.90 Å². The van der Waals surface area contributed by atoms with Gasteiger partial charge in [0.1, 0.15) is 6.07 Å². The number of nitrogens with zero attached hydrogens (tertiary/aromatic N) is 4. The zero-order valence-electron chi connectivity index (χ0n) is 15.7. The first-order valence-corrected chi connectivity index (χ1v) is 10.9. The second kappa shape index (κ2) is 7.55. The lowest BCUT2D eigenvalue weighted by atomic mass is 10.1. The zero-order chi connectivity index (χ0) is 21.5. The molecule has 10 heteroatoms. The number of amides is 1. The van der Waals surface area contributed by atoms with E-state index in [1.807, 2.05) is 4.90 Å². The number of nitriles is 1. The molecule has 1 amide bonds. The number of anilines is 1. The molecule has 1 saturated heterocycles. The molecule has 3 aromatic rings. The first-order valence-electron chi connectivity index (χ1n) is 9.11. The van der Waals surface area contributed by atoms with Gasteiger partial charge in [0, 0.05) is 42.8 Å². The summed E-state index contributed by atoms with van der Waals surface area (Å²) in [5.74, 6) is 0. The van der Waals surface area contributed by atoms with Gasteiger partial charge in [-0.05, 0) is 36.4 Å². The molecule has 0 saturated carbocycles. The van der Waals surface area contributed by atoms with Crippen LogP contribution in [-0.4, -0.2) is 54.7 Å². The van der Waals surface area contributed by atoms with E-state index < -0.39 is 16.1 Å². The topological polar surface area (TPSA) is 107 Å². The van der Waals surface area contributed by atoms with Gasteiger partial charge in [-0.3, -0.25) is 0 Å². The monoisotopic (exact) mass is 444 g/mol. The summed E-state index contributed by atoms with van der Waals surface area (Å²) in [6, 6.07) is 13.0. The Morgan fingerprint density at radius 2 is 1.83 bits per heavy atom. The molecule has 1 aliphatic rings. The summed E-state index contributed by atoms with van der Waals surface area (Å²) in [5, 5.41) is 19.7. The van der Waals surface area contributed by atoms with E-state index in [1.165, 1.54) is 27.2 Å². The van der Waals surface area contributed by atoms with Crippen molar-refractivity contribution in [3.8, 4) is 6.07 Å². The summed E-state index contributed by atoms with van der Waals surface area (Å²) >= 11 is 5.97. The Morgan fingerprint density at radius 1 is 1.10 bits per heavy atom. The Morgan fingerprint density at radius 3 is 2.47 bits per heavy atom. The van der Waals surface area contributed by atoms with Crippen LogP contribution in [0.5, 0.6) is 0 Å². The third-order valence-electron chi connectivity index (χ3n) is 5.15. The highest BCUT2D eigenvalue weighted by Gasteiger charge is 2.26. The summed E-state index contributed by atoms with van der Waals surface area (Å²) in [4.78, 5) is 14.5. The van der Waals surface area contributed by atoms with Gasteiger partial charge in [-0.2, -0.15) is 5.26 Å². The average molecular weight is 445 g/mol. The molecule has 1 N–H and O–H groups in total. The molecule has 0 bridgehead atoms. The van der Waals surface area contributed by atoms with Gasteiger partial charge >= 0.3 is 6.09 Å². The number of piperazine rings is 1. The van der Waals surface area contributed by atoms with Gasteiger partial charge < -0.3 is 14.9 Å². The molecule has 0 radical (unpaired) electrons. The van der Waals surface area contributed by atoms with Crippen LogP contribution >= 0.6 is 11.6 Å². The summed E-state index contributed by atoms with van der Waals surface area (Å²) in [5.41, 5.74) is 1.45. The maximum atomic E-state index is 13.2. The highest BCUT2D eigenvalue weighted by molar-refractivity contribution is 7.90. The van der Waals surface area contributed by atoms with Crippen molar-refractivity contribution in [1.29, 1.82) is 5.26 Å². The zero-order valence-corrected chi connectivity index (χ0v) is 17.3. The van der Waals surface area contributed by atoms with Crippen LogP contribution < -0.4 is 4.90 Å². The van der Waals surface area contributed by atoms with Gasteiger partial charge in [0.05, 0.1) is 21.7 Å². The smallest absolute Gasteiger partial charge is 0.407 e. The second-order valence-corrected chi connectivity index (χ2v) is 9.09. The van der Waals surface area contributed by atoms with Crippen LogP contribution in [0.4, 0.5) is 10.5 Å². The van der Waals surface area contributed by atoms with Crippen molar-refractivity contribution in [3.05, 3.63) is 59.2 Å². The predicted octanol–water partition coefficient (Wildman–Crippen LogP) is 3.20. The molecule has 2 aromatic carbocycles. The van der Waals surface area contributed by atoms with E-state index in [0.717, 1.165) is 0 Å². The van der Waals surface area contributed by atoms with Crippen LogP contribution in [0.15, 0.2) is 53.6 Å². The number of aromatic nitrogens is 1. The number of halogens is 1. The Hall–Kier alpha value is -3.22. The van der Waals surface area contributed by atoms with Crippen LogP contribution in [0.25, 0.3) is 10.9 Å². The molecule has 0 unspecified atom stereocenters. The molecule has 1 aromatic heterocycles. The third kappa shape index (κ3) is 3.34. The van der Waals surface area contributed by atoms with E-state index in [0.29, 0.717) is 53.4 Å². The van der Waals surface area contributed by atoms with Crippen LogP contribution in [0.3, 0.4) is 0 Å². The van der Waals surface area contributed by atoms with Crippen molar-refractivity contribution in [2.24, 2.45) is 0 Å². The summed E-state index contributed by atoms with van der Waals surface area (Å²) in [6.45, 7) is 1.43. The maximum Gasteiger partial charge on any atom is 0.407 e. The summed E-state index contributed by atoms with van der Waals surface area (Å²) in [6.07, 6.45) is 0.478. The molecule has 0 aliphatic carbocycles. The number of carbonyl (C=O) groups is 1. The second-order valence-electron chi connectivity index (χ2n) is 6.84. The van der Waals surface area contributed by atoms with Crippen LogP contribution in [0, 0.1) is 11.3 Å². The van der Waals surface area contributed by atoms with Crippen molar-refractivity contribution in [1.82, 2.24) is 8.87 Å². The van der Waals surface area contributed by atoms with Crippen LogP contribution in [0.2, 0.25) is 5.02 Å². The normalized spacial score (nSPS) is 14.7. The number of benzene rings is 2. The standard InChI is InChI=1S/C20H17ClN4O4S/c21-15-2-1-3-16(12-15)30(28,29)25-7-6-17-18(25)5-4-14(13-22)19(17)23-8-10-24(11-9-23)20(26)27/h1-7,12H,8-11H2,(H,26,27). The number of fused-ring (bicyclic) bond motifs is 1. The Labute approximate surface area is 178 Å². The van der Waals surface area contributed by atoms with Gasteiger partial charge in [0.15, 0.2) is 0 Å². The molecular formula is C20H17ClN4O4S. The summed E-state index contributed by atoms with van der Waals surface area (Å²) < 4.78 is 27.5. The van der Waals surface area contributed by atoms with E-state index in [4.69, 9.17) is 16.7 Å². The van der Waals surface area contributed by atoms with Gasteiger partial charge in [0.25, 0.3) is 10.0 Å². The SMILES string of the molecule is N#Cc1ccc2c(ccn2S(=O)(=O)c2cccc(Cl)c2)c1N1CCN(C(=O)O)CC1. The van der Waals surface area contributed by atoms with Crippen molar-refractivity contribution >= 4 is 44.3 Å². The molecule has 0 atom stereocenters. The molecule has 0 spiro atoms. The van der Waals surface area contributed by atoms with Crippen molar-refractivity contribution < 1.29 is 18.3 Å². The number of rotatable bonds is 3. The van der Waals surface area contributed by atoms with Crippen molar-refractivity contribution in [2.75, 3.05) is 31.1 Å². The minimum absolute atomic E-state index is 0.0634. The molecule has 2 heterocycles. The lowest BCUT2D eigenvalue weighted by molar-refractivity contribution is 0.142. The highest BCUT2D eigenvalue weighted by Crippen LogP contribution is 2.34. The Bertz CT molecular complexity index is 1290. The minimum Gasteiger partial charge on any atom is -0.465 e. The van der Waals surface area contributed by atoms with E-state index in [9.17, 15) is 18.5 Å². The Kier molecular flexibility index (Phi) is 5.05. The highest BCUT2D eigenvalue weighted by atomic mass is 35.5. The lowest BCUT2D eigenvalue weighted by Gasteiger charge is -2.35. The molecule has 1 fully saturated rings. The van der Waals surface area contributed by atoms with Gasteiger partial charge in [-0.15, -0.1) is 0 Å².